The van der Waals surface area contributed by atoms with Gasteiger partial charge >= 0.3 is 0 Å². The topological polar surface area (TPSA) is 49.8 Å². The summed E-state index contributed by atoms with van der Waals surface area (Å²) >= 11 is 0. The number of carbonyl (C=O) groups excluding carboxylic acids is 1. The molecule has 0 fully saturated rings. The van der Waals surface area contributed by atoms with E-state index in [0.717, 1.165) is 25.1 Å². The average molecular weight is 263 g/mol. The van der Waals surface area contributed by atoms with E-state index >= 15 is 0 Å². The van der Waals surface area contributed by atoms with Gasteiger partial charge in [0.2, 0.25) is 0 Å². The molecule has 1 aromatic rings. The first-order valence-corrected chi connectivity index (χ1v) is 6.98. The van der Waals surface area contributed by atoms with Crippen LogP contribution >= 0.6 is 0 Å². The molecule has 0 radical (unpaired) electrons. The Labute approximate surface area is 114 Å². The van der Waals surface area contributed by atoms with Crippen molar-refractivity contribution in [1.29, 1.82) is 0 Å². The highest BCUT2D eigenvalue weighted by atomic mass is 16.5. The van der Waals surface area contributed by atoms with Crippen molar-refractivity contribution in [3.8, 4) is 11.5 Å². The van der Waals surface area contributed by atoms with Crippen molar-refractivity contribution < 1.29 is 14.6 Å². The number of phenolic OH excluding ortho intramolecular Hbond substituents is 1. The van der Waals surface area contributed by atoms with Crippen LogP contribution in [0.15, 0.2) is 18.2 Å². The summed E-state index contributed by atoms with van der Waals surface area (Å²) in [5.41, 5.74) is 0.768. The summed E-state index contributed by atoms with van der Waals surface area (Å²) in [6.45, 7) is 2.98. The third-order valence-corrected chi connectivity index (χ3v) is 3.37. The standard InChI is InChI=1S/C15H21NO3/c1-2-3-4-5-6-9-16-13-8-7-12(17)10-14(13)19-11-15(16)18/h7-8,10,17H,2-6,9,11H2,1H3. The maximum absolute atomic E-state index is 11.9. The molecule has 0 aliphatic carbocycles. The molecule has 1 aliphatic heterocycles. The zero-order valence-corrected chi connectivity index (χ0v) is 11.4. The second-order valence-corrected chi connectivity index (χ2v) is 4.90. The lowest BCUT2D eigenvalue weighted by Crippen LogP contribution is -2.39. The molecular weight excluding hydrogens is 242 g/mol. The van der Waals surface area contributed by atoms with Crippen molar-refractivity contribution in [2.24, 2.45) is 0 Å². The first-order valence-electron chi connectivity index (χ1n) is 6.98. The minimum atomic E-state index is -0.00585. The second kappa shape index (κ2) is 6.45. The Bertz CT molecular complexity index is 445. The lowest BCUT2D eigenvalue weighted by Gasteiger charge is -2.29. The molecule has 1 N–H and O–H groups in total. The molecule has 0 saturated carbocycles. The maximum atomic E-state index is 11.9. The highest BCUT2D eigenvalue weighted by Gasteiger charge is 2.25. The predicted molar refractivity (Wildman–Crippen MR) is 74.7 cm³/mol. The SMILES string of the molecule is CCCCCCCN1C(=O)COc2cc(O)ccc21. The van der Waals surface area contributed by atoms with Crippen LogP contribution in [-0.2, 0) is 4.79 Å². The molecule has 1 aliphatic rings. The van der Waals surface area contributed by atoms with Crippen molar-refractivity contribution in [2.45, 2.75) is 39.0 Å². The number of aromatic hydroxyl groups is 1. The van der Waals surface area contributed by atoms with Gasteiger partial charge in [0, 0.05) is 12.6 Å². The first-order chi connectivity index (χ1) is 9.22. The van der Waals surface area contributed by atoms with Gasteiger partial charge in [-0.25, -0.2) is 0 Å². The predicted octanol–water partition coefficient (Wildman–Crippen LogP) is 3.09. The van der Waals surface area contributed by atoms with Crippen LogP contribution in [0.5, 0.6) is 11.5 Å². The van der Waals surface area contributed by atoms with E-state index < -0.39 is 0 Å². The van der Waals surface area contributed by atoms with Crippen LogP contribution in [0.1, 0.15) is 39.0 Å². The molecule has 0 bridgehead atoms. The van der Waals surface area contributed by atoms with Crippen molar-refractivity contribution in [1.82, 2.24) is 0 Å². The summed E-state index contributed by atoms with van der Waals surface area (Å²) < 4.78 is 5.34. The Morgan fingerprint density at radius 1 is 1.26 bits per heavy atom. The minimum Gasteiger partial charge on any atom is -0.508 e. The van der Waals surface area contributed by atoms with Crippen LogP contribution in [0.2, 0.25) is 0 Å². The van der Waals surface area contributed by atoms with Gasteiger partial charge in [0.25, 0.3) is 5.91 Å². The molecule has 1 heterocycles. The van der Waals surface area contributed by atoms with Gasteiger partial charge in [-0.15, -0.1) is 0 Å². The highest BCUT2D eigenvalue weighted by molar-refractivity contribution is 5.97. The number of ether oxygens (including phenoxy) is 1. The van der Waals surface area contributed by atoms with Crippen LogP contribution in [0.25, 0.3) is 0 Å². The molecule has 0 unspecified atom stereocenters. The molecule has 4 heteroatoms. The molecule has 104 valence electrons. The Hall–Kier alpha value is -1.71. The van der Waals surface area contributed by atoms with Gasteiger partial charge in [0.1, 0.15) is 11.5 Å². The summed E-state index contributed by atoms with van der Waals surface area (Å²) in [6, 6.07) is 4.89. The Kier molecular flexibility index (Phi) is 4.66. The summed E-state index contributed by atoms with van der Waals surface area (Å²) in [5, 5.41) is 9.43. The zero-order chi connectivity index (χ0) is 13.7. The fourth-order valence-electron chi connectivity index (χ4n) is 2.31. The quantitative estimate of drug-likeness (QED) is 0.802. The van der Waals surface area contributed by atoms with E-state index in [1.165, 1.54) is 19.3 Å². The number of phenols is 1. The fourth-order valence-corrected chi connectivity index (χ4v) is 2.31. The molecule has 2 rings (SSSR count). The largest absolute Gasteiger partial charge is 0.508 e. The average Bonchev–Trinajstić information content (AvgIpc) is 2.41. The monoisotopic (exact) mass is 263 g/mol. The zero-order valence-electron chi connectivity index (χ0n) is 11.4. The number of hydrogen-bond acceptors (Lipinski definition) is 3. The van der Waals surface area contributed by atoms with Crippen LogP contribution in [0.3, 0.4) is 0 Å². The third-order valence-electron chi connectivity index (χ3n) is 3.37. The number of nitrogens with zero attached hydrogens (tertiary/aromatic N) is 1. The van der Waals surface area contributed by atoms with E-state index in [1.807, 2.05) is 0 Å². The van der Waals surface area contributed by atoms with Crippen molar-refractivity contribution in [2.75, 3.05) is 18.1 Å². The van der Waals surface area contributed by atoms with Crippen LogP contribution in [0.4, 0.5) is 5.69 Å². The minimum absolute atomic E-state index is 0.00585. The lowest BCUT2D eigenvalue weighted by molar-refractivity contribution is -0.121. The maximum Gasteiger partial charge on any atom is 0.265 e. The van der Waals surface area contributed by atoms with E-state index in [1.54, 1.807) is 23.1 Å². The second-order valence-electron chi connectivity index (χ2n) is 4.90. The Balaban J connectivity index is 1.98. The molecule has 19 heavy (non-hydrogen) atoms. The van der Waals surface area contributed by atoms with Crippen molar-refractivity contribution >= 4 is 11.6 Å². The highest BCUT2D eigenvalue weighted by Crippen LogP contribution is 2.34. The summed E-state index contributed by atoms with van der Waals surface area (Å²) in [5.74, 6) is 0.748. The summed E-state index contributed by atoms with van der Waals surface area (Å²) in [6.07, 6.45) is 5.84. The van der Waals surface area contributed by atoms with Crippen LogP contribution in [-0.4, -0.2) is 24.2 Å². The number of anilines is 1. The van der Waals surface area contributed by atoms with Gasteiger partial charge in [-0.3, -0.25) is 4.79 Å². The molecule has 1 amide bonds. The van der Waals surface area contributed by atoms with Gasteiger partial charge < -0.3 is 14.7 Å². The third kappa shape index (κ3) is 3.40. The molecule has 1 aromatic carbocycles. The number of amides is 1. The lowest BCUT2D eigenvalue weighted by atomic mass is 10.1. The number of hydrogen-bond donors (Lipinski definition) is 1. The summed E-state index contributed by atoms with van der Waals surface area (Å²) in [4.78, 5) is 13.7. The number of rotatable bonds is 6. The summed E-state index contributed by atoms with van der Waals surface area (Å²) in [7, 11) is 0. The van der Waals surface area contributed by atoms with Crippen molar-refractivity contribution in [3.05, 3.63) is 18.2 Å². The van der Waals surface area contributed by atoms with Gasteiger partial charge in [0.05, 0.1) is 5.69 Å². The van der Waals surface area contributed by atoms with E-state index in [4.69, 9.17) is 4.74 Å². The van der Waals surface area contributed by atoms with E-state index in [-0.39, 0.29) is 18.3 Å². The molecule has 0 aromatic heterocycles. The fraction of sp³-hybridized carbons (Fsp3) is 0.533. The number of benzene rings is 1. The number of carbonyl (C=O) groups is 1. The Morgan fingerprint density at radius 3 is 2.84 bits per heavy atom. The first kappa shape index (κ1) is 13.7. The normalized spacial score (nSPS) is 14.2. The number of fused-ring (bicyclic) bond motifs is 1. The van der Waals surface area contributed by atoms with Crippen LogP contribution < -0.4 is 9.64 Å². The van der Waals surface area contributed by atoms with Crippen LogP contribution in [0, 0.1) is 0 Å². The molecular formula is C15H21NO3. The molecule has 0 atom stereocenters. The van der Waals surface area contributed by atoms with Gasteiger partial charge in [-0.1, -0.05) is 32.6 Å². The smallest absolute Gasteiger partial charge is 0.265 e. The number of unbranched alkanes of at least 4 members (excludes halogenated alkanes) is 4. The van der Waals surface area contributed by atoms with E-state index in [2.05, 4.69) is 6.92 Å². The van der Waals surface area contributed by atoms with E-state index in [0.29, 0.717) is 5.75 Å². The van der Waals surface area contributed by atoms with E-state index in [9.17, 15) is 9.90 Å². The van der Waals surface area contributed by atoms with Gasteiger partial charge in [0.15, 0.2) is 6.61 Å². The van der Waals surface area contributed by atoms with Gasteiger partial charge in [-0.05, 0) is 18.6 Å². The van der Waals surface area contributed by atoms with Crippen molar-refractivity contribution in [3.63, 3.8) is 0 Å². The molecule has 4 nitrogen and oxygen atoms in total. The molecule has 0 spiro atoms. The molecule has 0 saturated heterocycles. The van der Waals surface area contributed by atoms with Gasteiger partial charge in [-0.2, -0.15) is 0 Å². The Morgan fingerprint density at radius 2 is 2.05 bits per heavy atom.